The van der Waals surface area contributed by atoms with Gasteiger partial charge in [0.2, 0.25) is 0 Å². The first-order valence-electron chi connectivity index (χ1n) is 28.0. The number of carboxylic acids is 1. The molecule has 0 aliphatic carbocycles. The summed E-state index contributed by atoms with van der Waals surface area (Å²) in [7, 11) is 6.06. The molecular formula is C72H55BrF4N4O9. The summed E-state index contributed by atoms with van der Waals surface area (Å²) >= 11 is 3.45. The number of aromatic nitrogens is 2. The first-order valence-corrected chi connectivity index (χ1v) is 28.8. The van der Waals surface area contributed by atoms with E-state index < -0.39 is 70.2 Å². The first kappa shape index (κ1) is 62.3. The van der Waals surface area contributed by atoms with Crippen molar-refractivity contribution in [2.24, 2.45) is 0 Å². The number of benzene rings is 10. The predicted molar refractivity (Wildman–Crippen MR) is 343 cm³/mol. The molecule has 0 saturated carbocycles. The maximum Gasteiger partial charge on any atom is 0.328 e. The van der Waals surface area contributed by atoms with Crippen LogP contribution in [0.5, 0.6) is 17.2 Å². The number of fused-ring (bicyclic) bond motifs is 5. The smallest absolute Gasteiger partial charge is 0.328 e. The van der Waals surface area contributed by atoms with Crippen LogP contribution in [-0.2, 0) is 27.2 Å². The molecule has 90 heavy (non-hydrogen) atoms. The Morgan fingerprint density at radius 3 is 1.20 bits per heavy atom. The largest absolute Gasteiger partial charge is 0.496 e. The van der Waals surface area contributed by atoms with Crippen molar-refractivity contribution >= 4 is 93.8 Å². The Morgan fingerprint density at radius 1 is 0.444 bits per heavy atom. The molecule has 2 amide bonds. The Hall–Kier alpha value is -10.7. The van der Waals surface area contributed by atoms with Crippen LogP contribution in [0.1, 0.15) is 31.8 Å². The van der Waals surface area contributed by atoms with E-state index in [1.165, 1.54) is 17.9 Å². The second-order valence-corrected chi connectivity index (χ2v) is 21.3. The highest BCUT2D eigenvalue weighted by molar-refractivity contribution is 9.10. The number of ether oxygens (including phenoxy) is 4. The Bertz CT molecular complexity index is 4680. The number of nitrogens with zero attached hydrogens (tertiary/aromatic N) is 2. The number of esters is 1. The average molecular weight is 1280 g/mol. The zero-order valence-electron chi connectivity index (χ0n) is 48.7. The molecule has 0 radical (unpaired) electrons. The normalized spacial score (nSPS) is 11.6. The van der Waals surface area contributed by atoms with Gasteiger partial charge < -0.3 is 34.7 Å². The van der Waals surface area contributed by atoms with Crippen molar-refractivity contribution in [2.75, 3.05) is 28.4 Å². The number of methoxy groups -OCH3 is 4. The van der Waals surface area contributed by atoms with Gasteiger partial charge in [-0.2, -0.15) is 0 Å². The van der Waals surface area contributed by atoms with Crippen LogP contribution in [0, 0.1) is 23.3 Å². The summed E-state index contributed by atoms with van der Waals surface area (Å²) in [6, 6.07) is 54.1. The highest BCUT2D eigenvalue weighted by Gasteiger charge is 2.29. The van der Waals surface area contributed by atoms with Crippen LogP contribution < -0.4 is 24.8 Å². The average Bonchev–Trinajstić information content (AvgIpc) is 0.831. The molecule has 452 valence electrons. The third kappa shape index (κ3) is 13.5. The van der Waals surface area contributed by atoms with Crippen molar-refractivity contribution in [3.05, 3.63) is 257 Å². The van der Waals surface area contributed by atoms with Crippen molar-refractivity contribution < 1.29 is 60.8 Å². The number of rotatable bonds is 15. The number of hydrogen-bond donors (Lipinski definition) is 3. The number of hydrogen-bond acceptors (Lipinski definition) is 10. The number of amides is 2. The maximum atomic E-state index is 14.2. The van der Waals surface area contributed by atoms with Crippen molar-refractivity contribution in [3.8, 4) is 39.5 Å². The fraction of sp³-hybridized carbons (Fsp3) is 0.111. The molecule has 0 fully saturated rings. The zero-order chi connectivity index (χ0) is 63.6. The summed E-state index contributed by atoms with van der Waals surface area (Å²) in [6.45, 7) is 0. The van der Waals surface area contributed by atoms with E-state index >= 15 is 0 Å². The number of nitrogens with one attached hydrogen (secondary N) is 2. The molecule has 0 aliphatic heterocycles. The fourth-order valence-corrected chi connectivity index (χ4v) is 11.2. The molecule has 18 heteroatoms. The lowest BCUT2D eigenvalue weighted by molar-refractivity contribution is -0.143. The van der Waals surface area contributed by atoms with Crippen LogP contribution in [-0.4, -0.2) is 79.4 Å². The van der Waals surface area contributed by atoms with Gasteiger partial charge in [0.25, 0.3) is 11.8 Å². The third-order valence-corrected chi connectivity index (χ3v) is 15.7. The summed E-state index contributed by atoms with van der Waals surface area (Å²) in [6.07, 6.45) is 3.19. The van der Waals surface area contributed by atoms with Gasteiger partial charge in [0.05, 0.1) is 43.9 Å². The van der Waals surface area contributed by atoms with Gasteiger partial charge in [-0.05, 0) is 132 Å². The van der Waals surface area contributed by atoms with Crippen molar-refractivity contribution in [3.63, 3.8) is 0 Å². The standard InChI is InChI=1S/C31H24F2N2O4.C30H22F2N2O4.C11H9BrO/c1-38-27-17-19-8-4-3-7-18(19)15-23(27)22-13-12-20(21-9-6-14-34-29(21)22)16-26(31(37)39-2)35-30(36)28-24(32)10-5-11-25(28)33;1-38-26-16-18-7-3-2-6-17(18)14-22(26)21-12-11-19(20-8-5-13-33-28(20)21)15-25(30(36)37)34-29(35)27-23(31)9-4-10-24(27)32;1-13-11-7-9-5-3-2-4-8(9)6-10(11)12/h3-15,17,26H,16H2,1-2H3,(H,35,36);2-14,16,25H,15H2,1H3,(H,34,35)(H,36,37);2-7H,1H3/t26-;25-;/m00./s1. The third-order valence-electron chi connectivity index (χ3n) is 15.1. The van der Waals surface area contributed by atoms with Gasteiger partial charge in [-0.3, -0.25) is 19.6 Å². The van der Waals surface area contributed by atoms with E-state index in [1.807, 2.05) is 121 Å². The SMILES string of the molecule is COC(=O)[C@H](Cc1ccc(-c2cc3ccccc3cc2OC)c2ncccc12)NC(=O)c1c(F)cccc1F.COc1cc2ccccc2cc1-c1ccc(C[C@H](NC(=O)c2c(F)cccc2F)C(=O)O)c2cccnc12.COc1cc2ccccc2cc1Br. The summed E-state index contributed by atoms with van der Waals surface area (Å²) < 4.78 is 79.0. The quantitative estimate of drug-likeness (QED) is 0.0658. The van der Waals surface area contributed by atoms with E-state index in [9.17, 15) is 41.8 Å². The second-order valence-electron chi connectivity index (χ2n) is 20.5. The van der Waals surface area contributed by atoms with Crippen LogP contribution in [0.2, 0.25) is 0 Å². The van der Waals surface area contributed by atoms with Crippen molar-refractivity contribution in [1.29, 1.82) is 0 Å². The molecule has 0 unspecified atom stereocenters. The first-order chi connectivity index (χ1) is 43.6. The molecule has 0 bridgehead atoms. The monoisotopic (exact) mass is 1270 g/mol. The Morgan fingerprint density at radius 2 is 0.811 bits per heavy atom. The lowest BCUT2D eigenvalue weighted by Gasteiger charge is -2.19. The van der Waals surface area contributed by atoms with Crippen LogP contribution in [0.3, 0.4) is 0 Å². The number of carbonyl (C=O) groups excluding carboxylic acids is 3. The summed E-state index contributed by atoms with van der Waals surface area (Å²) in [5.74, 6) is -6.28. The van der Waals surface area contributed by atoms with E-state index in [4.69, 9.17) is 18.9 Å². The van der Waals surface area contributed by atoms with Crippen molar-refractivity contribution in [1.82, 2.24) is 20.6 Å². The zero-order valence-corrected chi connectivity index (χ0v) is 50.3. The summed E-state index contributed by atoms with van der Waals surface area (Å²) in [5.41, 5.74) is 4.25. The Balaban J connectivity index is 0.000000165. The molecule has 13 nitrogen and oxygen atoms in total. The lowest BCUT2D eigenvalue weighted by atomic mass is 9.93. The van der Waals surface area contributed by atoms with Gasteiger partial charge in [0, 0.05) is 58.3 Å². The highest BCUT2D eigenvalue weighted by Crippen LogP contribution is 2.40. The topological polar surface area (TPSA) is 175 Å². The van der Waals surface area contributed by atoms with Crippen LogP contribution in [0.4, 0.5) is 17.6 Å². The minimum atomic E-state index is -1.44. The fourth-order valence-electron chi connectivity index (χ4n) is 10.7. The summed E-state index contributed by atoms with van der Waals surface area (Å²) in [5, 5.41) is 22.4. The number of aliphatic carboxylic acids is 1. The van der Waals surface area contributed by atoms with Gasteiger partial charge >= 0.3 is 11.9 Å². The second kappa shape index (κ2) is 28.0. The minimum Gasteiger partial charge on any atom is -0.496 e. The van der Waals surface area contributed by atoms with Gasteiger partial charge in [-0.15, -0.1) is 0 Å². The molecule has 12 aromatic rings. The minimum absolute atomic E-state index is 0.00577. The van der Waals surface area contributed by atoms with E-state index in [-0.39, 0.29) is 12.8 Å². The van der Waals surface area contributed by atoms with Gasteiger partial charge in [0.15, 0.2) is 0 Å². The van der Waals surface area contributed by atoms with Gasteiger partial charge in [-0.25, -0.2) is 27.2 Å². The molecule has 10 aromatic carbocycles. The molecule has 0 aliphatic rings. The van der Waals surface area contributed by atoms with Crippen LogP contribution in [0.25, 0.3) is 76.4 Å². The maximum absolute atomic E-state index is 14.2. The predicted octanol–water partition coefficient (Wildman–Crippen LogP) is 15.2. The number of carboxylic acid groups (broad SMARTS) is 1. The van der Waals surface area contributed by atoms with Crippen LogP contribution >= 0.6 is 15.9 Å². The Kier molecular flexibility index (Phi) is 19.4. The number of carbonyl (C=O) groups is 4. The van der Waals surface area contributed by atoms with Crippen molar-refractivity contribution in [2.45, 2.75) is 24.9 Å². The molecule has 2 aromatic heterocycles. The molecule has 3 N–H and O–H groups in total. The number of halogens is 5. The lowest BCUT2D eigenvalue weighted by Crippen LogP contribution is -2.43. The van der Waals surface area contributed by atoms with Gasteiger partial charge in [-0.1, -0.05) is 121 Å². The van der Waals surface area contributed by atoms with Crippen LogP contribution in [0.15, 0.2) is 211 Å². The molecular weight excluding hydrogens is 1220 g/mol. The molecule has 0 spiro atoms. The molecule has 12 rings (SSSR count). The van der Waals surface area contributed by atoms with E-state index in [0.717, 1.165) is 95.8 Å². The number of pyridine rings is 2. The van der Waals surface area contributed by atoms with E-state index in [0.29, 0.717) is 39.0 Å². The molecule has 0 saturated heterocycles. The van der Waals surface area contributed by atoms with E-state index in [2.05, 4.69) is 54.7 Å². The molecule has 2 atom stereocenters. The van der Waals surface area contributed by atoms with E-state index in [1.54, 1.807) is 51.9 Å². The Labute approximate surface area is 522 Å². The highest BCUT2D eigenvalue weighted by atomic mass is 79.9. The molecule has 2 heterocycles. The summed E-state index contributed by atoms with van der Waals surface area (Å²) in [4.78, 5) is 59.2. The van der Waals surface area contributed by atoms with Gasteiger partial charge in [0.1, 0.15) is 63.7 Å².